The molecule has 1 amide bonds. The number of aromatic hydroxyl groups is 1. The summed E-state index contributed by atoms with van der Waals surface area (Å²) in [5.41, 5.74) is 8.36. The van der Waals surface area contributed by atoms with Crippen LogP contribution in [0.1, 0.15) is 72.8 Å². The Hall–Kier alpha value is -2.37. The first-order chi connectivity index (χ1) is 12.4. The molecule has 1 aliphatic carbocycles. The van der Waals surface area contributed by atoms with Gasteiger partial charge in [-0.05, 0) is 31.2 Å². The normalized spacial score (nSPS) is 15.5. The molecule has 3 N–H and O–H groups in total. The van der Waals surface area contributed by atoms with Crippen molar-refractivity contribution in [2.24, 2.45) is 11.7 Å². The van der Waals surface area contributed by atoms with Crippen molar-refractivity contribution in [3.63, 3.8) is 0 Å². The first-order valence-electron chi connectivity index (χ1n) is 9.50. The lowest BCUT2D eigenvalue weighted by atomic mass is 9.85. The number of hydrogen-bond acceptors (Lipinski definition) is 4. The van der Waals surface area contributed by atoms with Crippen LogP contribution in [0.15, 0.2) is 6.20 Å². The molecule has 140 valence electrons. The second-order valence-electron chi connectivity index (χ2n) is 7.38. The summed E-state index contributed by atoms with van der Waals surface area (Å²) in [4.78, 5) is 28.3. The van der Waals surface area contributed by atoms with Crippen LogP contribution in [0, 0.1) is 12.8 Å². The Kier molecular flexibility index (Phi) is 5.30. The van der Waals surface area contributed by atoms with E-state index in [4.69, 9.17) is 5.73 Å². The summed E-state index contributed by atoms with van der Waals surface area (Å²) in [7, 11) is 0. The first-order valence-corrected chi connectivity index (χ1v) is 9.50. The molecule has 0 radical (unpaired) electrons. The van der Waals surface area contributed by atoms with Crippen LogP contribution in [0.2, 0.25) is 0 Å². The Morgan fingerprint density at radius 2 is 2.00 bits per heavy atom. The number of primary amides is 1. The summed E-state index contributed by atoms with van der Waals surface area (Å²) < 4.78 is 1.87. The molecule has 2 aromatic heterocycles. The van der Waals surface area contributed by atoms with Gasteiger partial charge in [-0.3, -0.25) is 9.59 Å². The number of carbonyl (C=O) groups excluding carboxylic acids is 2. The highest BCUT2D eigenvalue weighted by atomic mass is 16.3. The predicted molar refractivity (Wildman–Crippen MR) is 99.4 cm³/mol. The van der Waals surface area contributed by atoms with E-state index in [1.807, 2.05) is 17.5 Å². The van der Waals surface area contributed by atoms with Gasteiger partial charge in [-0.25, -0.2) is 4.98 Å². The quantitative estimate of drug-likeness (QED) is 0.613. The lowest BCUT2D eigenvalue weighted by molar-refractivity contribution is -0.114. The highest BCUT2D eigenvalue weighted by molar-refractivity contribution is 6.44. The van der Waals surface area contributed by atoms with Crippen LogP contribution in [-0.2, 0) is 17.6 Å². The maximum Gasteiger partial charge on any atom is 0.289 e. The Labute approximate surface area is 153 Å². The molecule has 1 saturated carbocycles. The van der Waals surface area contributed by atoms with Crippen molar-refractivity contribution in [1.29, 1.82) is 0 Å². The molecule has 0 unspecified atom stereocenters. The van der Waals surface area contributed by atoms with Crippen molar-refractivity contribution >= 4 is 17.2 Å². The van der Waals surface area contributed by atoms with Gasteiger partial charge in [0.25, 0.3) is 11.7 Å². The number of hydrogen-bond donors (Lipinski definition) is 2. The van der Waals surface area contributed by atoms with E-state index in [2.05, 4.69) is 4.98 Å². The van der Waals surface area contributed by atoms with Gasteiger partial charge in [0, 0.05) is 11.9 Å². The second kappa shape index (κ2) is 7.48. The number of rotatable bonds is 6. The summed E-state index contributed by atoms with van der Waals surface area (Å²) in [5, 5.41) is 10.4. The largest absolute Gasteiger partial charge is 0.492 e. The van der Waals surface area contributed by atoms with Crippen molar-refractivity contribution < 1.29 is 14.7 Å². The molecule has 2 heterocycles. The Morgan fingerprint density at radius 3 is 2.62 bits per heavy atom. The van der Waals surface area contributed by atoms with Gasteiger partial charge < -0.3 is 15.2 Å². The van der Waals surface area contributed by atoms with Gasteiger partial charge in [0.2, 0.25) is 5.88 Å². The zero-order valence-electron chi connectivity index (χ0n) is 15.5. The van der Waals surface area contributed by atoms with E-state index in [1.54, 1.807) is 6.92 Å². The Morgan fingerprint density at radius 1 is 1.31 bits per heavy atom. The fourth-order valence-electron chi connectivity index (χ4n) is 4.26. The second-order valence-corrected chi connectivity index (χ2v) is 7.38. The van der Waals surface area contributed by atoms with E-state index in [0.29, 0.717) is 23.5 Å². The fourth-order valence-corrected chi connectivity index (χ4v) is 4.26. The summed E-state index contributed by atoms with van der Waals surface area (Å²) in [6.07, 6.45) is 10.3. The summed E-state index contributed by atoms with van der Waals surface area (Å²) in [6, 6.07) is 0. The molecule has 0 aliphatic heterocycles. The standard InChI is InChI=1S/C20H27N3O3/c1-3-7-14-15(10-13-8-5-4-6-9-13)23-11-12(2)22-20(26)17(23)16(14)18(24)19(21)25/h11,13H,3-10H2,1-2H3,(H2,21,25)(H,22,26). The average Bonchev–Trinajstić information content (AvgIpc) is 2.89. The smallest absolute Gasteiger partial charge is 0.289 e. The molecule has 0 bridgehead atoms. The SMILES string of the molecule is CCCc1c(C(=O)C(N)=O)c2c(O)nc(C)cn2c1CC1CCCCC1. The third-order valence-electron chi connectivity index (χ3n) is 5.39. The monoisotopic (exact) mass is 357 g/mol. The van der Waals surface area contributed by atoms with E-state index in [9.17, 15) is 14.7 Å². The fraction of sp³-hybridized carbons (Fsp3) is 0.550. The van der Waals surface area contributed by atoms with Gasteiger partial charge >= 0.3 is 0 Å². The van der Waals surface area contributed by atoms with Gasteiger partial charge in [0.15, 0.2) is 0 Å². The number of nitrogens with two attached hydrogens (primary N) is 1. The zero-order valence-corrected chi connectivity index (χ0v) is 15.5. The molecule has 6 heteroatoms. The maximum atomic E-state index is 12.6. The van der Waals surface area contributed by atoms with Gasteiger partial charge in [0.05, 0.1) is 11.3 Å². The molecule has 0 aromatic carbocycles. The van der Waals surface area contributed by atoms with Crippen LogP contribution < -0.4 is 5.73 Å². The van der Waals surface area contributed by atoms with E-state index >= 15 is 0 Å². The van der Waals surface area contributed by atoms with E-state index in [-0.39, 0.29) is 11.4 Å². The minimum absolute atomic E-state index is 0.221. The van der Waals surface area contributed by atoms with Crippen molar-refractivity contribution in [2.45, 2.75) is 65.2 Å². The van der Waals surface area contributed by atoms with Crippen molar-refractivity contribution in [2.75, 3.05) is 0 Å². The van der Waals surface area contributed by atoms with Gasteiger partial charge in [0.1, 0.15) is 5.52 Å². The van der Waals surface area contributed by atoms with Crippen LogP contribution in [0.5, 0.6) is 5.88 Å². The first kappa shape index (κ1) is 18.4. The molecule has 1 aliphatic rings. The average molecular weight is 357 g/mol. The number of amides is 1. The lowest BCUT2D eigenvalue weighted by Gasteiger charge is -2.22. The van der Waals surface area contributed by atoms with Crippen molar-refractivity contribution in [3.05, 3.63) is 28.7 Å². The minimum Gasteiger partial charge on any atom is -0.492 e. The van der Waals surface area contributed by atoms with Crippen molar-refractivity contribution in [3.8, 4) is 5.88 Å². The number of carbonyl (C=O) groups is 2. The molecule has 6 nitrogen and oxygen atoms in total. The maximum absolute atomic E-state index is 12.6. The van der Waals surface area contributed by atoms with Gasteiger partial charge in [-0.2, -0.15) is 0 Å². The van der Waals surface area contributed by atoms with Crippen LogP contribution in [-0.4, -0.2) is 26.2 Å². The number of ketones is 1. The highest BCUT2D eigenvalue weighted by Crippen LogP contribution is 2.35. The third kappa shape index (κ3) is 3.32. The molecule has 0 saturated heterocycles. The molecular weight excluding hydrogens is 330 g/mol. The topological polar surface area (TPSA) is 97.7 Å². The van der Waals surface area contributed by atoms with Crippen LogP contribution in [0.25, 0.3) is 5.52 Å². The van der Waals surface area contributed by atoms with Crippen LogP contribution in [0.3, 0.4) is 0 Å². The molecule has 26 heavy (non-hydrogen) atoms. The number of aromatic nitrogens is 2. The van der Waals surface area contributed by atoms with Crippen molar-refractivity contribution in [1.82, 2.24) is 9.38 Å². The Bertz CT molecular complexity index is 848. The van der Waals surface area contributed by atoms with E-state index in [1.165, 1.54) is 32.1 Å². The highest BCUT2D eigenvalue weighted by Gasteiger charge is 2.29. The molecular formula is C20H27N3O3. The molecule has 3 rings (SSSR count). The summed E-state index contributed by atoms with van der Waals surface area (Å²) >= 11 is 0. The minimum atomic E-state index is -1.00. The Balaban J connectivity index is 2.24. The van der Waals surface area contributed by atoms with E-state index < -0.39 is 11.7 Å². The van der Waals surface area contributed by atoms with Crippen LogP contribution in [0.4, 0.5) is 0 Å². The number of Topliss-reactive ketones (excluding diaryl/α,β-unsaturated/α-hetero) is 1. The molecule has 1 fully saturated rings. The number of nitrogens with zero attached hydrogens (tertiary/aromatic N) is 2. The zero-order chi connectivity index (χ0) is 18.8. The molecule has 0 atom stereocenters. The molecule has 0 spiro atoms. The predicted octanol–water partition coefficient (Wildman–Crippen LogP) is 3.09. The summed E-state index contributed by atoms with van der Waals surface area (Å²) in [6.45, 7) is 3.84. The molecule has 2 aromatic rings. The third-order valence-corrected chi connectivity index (χ3v) is 5.39. The van der Waals surface area contributed by atoms with E-state index in [0.717, 1.165) is 24.1 Å². The number of aryl methyl sites for hydroxylation is 1. The number of fused-ring (bicyclic) bond motifs is 1. The van der Waals surface area contributed by atoms with Gasteiger partial charge in [-0.15, -0.1) is 0 Å². The lowest BCUT2D eigenvalue weighted by Crippen LogP contribution is -2.24. The van der Waals surface area contributed by atoms with Crippen LogP contribution >= 0.6 is 0 Å². The summed E-state index contributed by atoms with van der Waals surface area (Å²) in [5.74, 6) is -1.41. The van der Waals surface area contributed by atoms with Gasteiger partial charge in [-0.1, -0.05) is 45.4 Å².